The maximum absolute atomic E-state index is 13.2. The first-order chi connectivity index (χ1) is 8.99. The van der Waals surface area contributed by atoms with Crippen molar-refractivity contribution >= 4 is 7.14 Å². The van der Waals surface area contributed by atoms with Crippen molar-refractivity contribution in [3.05, 3.63) is 35.9 Å². The van der Waals surface area contributed by atoms with Crippen LogP contribution in [-0.2, 0) is 9.91 Å². The average molecular weight is 280 g/mol. The smallest absolute Gasteiger partial charge is 0.139 e. The predicted octanol–water partition coefficient (Wildman–Crippen LogP) is 4.42. The van der Waals surface area contributed by atoms with Gasteiger partial charge in [-0.1, -0.05) is 50.1 Å². The highest BCUT2D eigenvalue weighted by atomic mass is 31.2. The molecule has 1 aliphatic heterocycles. The van der Waals surface area contributed by atoms with Crippen LogP contribution in [-0.4, -0.2) is 17.4 Å². The first-order valence-corrected chi connectivity index (χ1v) is 9.43. The van der Waals surface area contributed by atoms with Gasteiger partial charge >= 0.3 is 0 Å². The van der Waals surface area contributed by atoms with Crippen LogP contribution < -0.4 is 0 Å². The van der Waals surface area contributed by atoms with E-state index in [9.17, 15) is 9.67 Å². The highest BCUT2D eigenvalue weighted by Crippen LogP contribution is 2.67. The van der Waals surface area contributed by atoms with Crippen molar-refractivity contribution in [3.63, 3.8) is 0 Å². The van der Waals surface area contributed by atoms with E-state index < -0.39 is 12.5 Å². The van der Waals surface area contributed by atoms with Crippen molar-refractivity contribution in [2.75, 3.05) is 12.3 Å². The van der Waals surface area contributed by atoms with E-state index in [0.29, 0.717) is 12.1 Å². The second-order valence-electron chi connectivity index (χ2n) is 5.98. The van der Waals surface area contributed by atoms with E-state index in [-0.39, 0.29) is 0 Å². The van der Waals surface area contributed by atoms with E-state index in [1.807, 2.05) is 30.3 Å². The molecule has 1 aliphatic rings. The highest BCUT2D eigenvalue weighted by Gasteiger charge is 2.48. The van der Waals surface area contributed by atoms with Crippen LogP contribution in [0.15, 0.2) is 30.3 Å². The Morgan fingerprint density at radius 3 is 2.68 bits per heavy atom. The molecule has 1 saturated heterocycles. The van der Waals surface area contributed by atoms with Gasteiger partial charge in [0, 0.05) is 12.3 Å². The molecule has 1 fully saturated rings. The zero-order valence-corrected chi connectivity index (χ0v) is 12.9. The molecule has 0 bridgehead atoms. The molecule has 0 aliphatic carbocycles. The Morgan fingerprint density at radius 2 is 2.05 bits per heavy atom. The lowest BCUT2D eigenvalue weighted by Gasteiger charge is -2.31. The minimum atomic E-state index is -2.54. The third-order valence-corrected chi connectivity index (χ3v) is 8.46. The molecule has 106 valence electrons. The van der Waals surface area contributed by atoms with Gasteiger partial charge in [-0.2, -0.15) is 0 Å². The molecule has 1 aromatic carbocycles. The molecule has 19 heavy (non-hydrogen) atoms. The number of aliphatic hydroxyl groups is 1. The molecule has 1 N–H and O–H groups in total. The summed E-state index contributed by atoms with van der Waals surface area (Å²) in [6.07, 6.45) is 5.98. The fourth-order valence-corrected chi connectivity index (χ4v) is 6.68. The molecule has 2 nitrogen and oxygen atoms in total. The number of rotatable bonds is 5. The van der Waals surface area contributed by atoms with E-state index in [0.717, 1.165) is 24.6 Å². The molecular formula is C16H25O2P. The largest absolute Gasteiger partial charge is 0.378 e. The summed E-state index contributed by atoms with van der Waals surface area (Å²) in [5.41, 5.74) is 0.800. The summed E-state index contributed by atoms with van der Waals surface area (Å²) in [5.74, 6) is 0.543. The van der Waals surface area contributed by atoms with Crippen LogP contribution in [0.25, 0.3) is 0 Å². The number of benzene rings is 1. The summed E-state index contributed by atoms with van der Waals surface area (Å²) < 4.78 is 13.2. The summed E-state index contributed by atoms with van der Waals surface area (Å²) in [4.78, 5) is 0. The van der Waals surface area contributed by atoms with Crippen molar-refractivity contribution in [2.24, 2.45) is 5.92 Å². The standard InChI is InChI=1S/C16H25O2P/c1-3-4-8-14-11-12-19(18,13-14)16(2,17)15-9-6-5-7-10-15/h5-7,9-10,14,17H,3-4,8,11-13H2,1-2H3. The lowest BCUT2D eigenvalue weighted by molar-refractivity contribution is 0.143. The van der Waals surface area contributed by atoms with Gasteiger partial charge in [-0.05, 0) is 31.2 Å². The first-order valence-electron chi connectivity index (χ1n) is 7.35. The summed E-state index contributed by atoms with van der Waals surface area (Å²) in [5, 5.41) is 9.67. The zero-order valence-electron chi connectivity index (χ0n) is 12.0. The van der Waals surface area contributed by atoms with Gasteiger partial charge in [-0.25, -0.2) is 0 Å². The summed E-state index contributed by atoms with van der Waals surface area (Å²) in [6.45, 7) is 3.93. The second-order valence-corrected chi connectivity index (χ2v) is 9.44. The monoisotopic (exact) mass is 280 g/mol. The van der Waals surface area contributed by atoms with Crippen LogP contribution in [0, 0.1) is 5.92 Å². The molecule has 0 amide bonds. The Kier molecular flexibility index (Phi) is 4.53. The van der Waals surface area contributed by atoms with Gasteiger partial charge in [-0.3, -0.25) is 0 Å². The van der Waals surface area contributed by atoms with Crippen LogP contribution >= 0.6 is 7.14 Å². The van der Waals surface area contributed by atoms with Gasteiger partial charge in [0.1, 0.15) is 12.5 Å². The molecule has 3 atom stereocenters. The Balaban J connectivity index is 2.15. The molecule has 1 aromatic rings. The molecule has 0 radical (unpaired) electrons. The first kappa shape index (κ1) is 14.8. The number of hydrogen-bond acceptors (Lipinski definition) is 2. The highest BCUT2D eigenvalue weighted by molar-refractivity contribution is 7.65. The normalized spacial score (nSPS) is 30.2. The minimum absolute atomic E-state index is 0.543. The lowest BCUT2D eigenvalue weighted by atomic mass is 10.0. The number of hydrogen-bond donors (Lipinski definition) is 1. The Bertz CT molecular complexity index is 453. The van der Waals surface area contributed by atoms with Gasteiger partial charge in [0.05, 0.1) is 0 Å². The summed E-state index contributed by atoms with van der Waals surface area (Å²) in [6, 6.07) is 9.51. The maximum atomic E-state index is 13.2. The molecule has 0 saturated carbocycles. The van der Waals surface area contributed by atoms with Crippen molar-refractivity contribution in [3.8, 4) is 0 Å². The molecule has 1 heterocycles. The second kappa shape index (κ2) is 5.81. The van der Waals surface area contributed by atoms with Gasteiger partial charge < -0.3 is 9.67 Å². The van der Waals surface area contributed by atoms with Crippen molar-refractivity contribution in [1.29, 1.82) is 0 Å². The van der Waals surface area contributed by atoms with Crippen LogP contribution in [0.2, 0.25) is 0 Å². The number of unbranched alkanes of at least 4 members (excludes halogenated alkanes) is 1. The van der Waals surface area contributed by atoms with Crippen molar-refractivity contribution in [2.45, 2.75) is 44.9 Å². The summed E-state index contributed by atoms with van der Waals surface area (Å²) in [7, 11) is -2.54. The van der Waals surface area contributed by atoms with Crippen LogP contribution in [0.4, 0.5) is 0 Å². The zero-order chi connectivity index (χ0) is 13.9. The van der Waals surface area contributed by atoms with Crippen molar-refractivity contribution < 1.29 is 9.67 Å². The maximum Gasteiger partial charge on any atom is 0.139 e. The molecular weight excluding hydrogens is 255 g/mol. The van der Waals surface area contributed by atoms with Gasteiger partial charge in [0.2, 0.25) is 0 Å². The predicted molar refractivity (Wildman–Crippen MR) is 81.0 cm³/mol. The van der Waals surface area contributed by atoms with E-state index >= 15 is 0 Å². The van der Waals surface area contributed by atoms with Gasteiger partial charge in [0.15, 0.2) is 0 Å². The minimum Gasteiger partial charge on any atom is -0.378 e. The van der Waals surface area contributed by atoms with E-state index in [1.165, 1.54) is 12.8 Å². The topological polar surface area (TPSA) is 37.3 Å². The van der Waals surface area contributed by atoms with Crippen LogP contribution in [0.1, 0.15) is 45.1 Å². The van der Waals surface area contributed by atoms with E-state index in [2.05, 4.69) is 6.92 Å². The fourth-order valence-electron chi connectivity index (χ4n) is 3.10. The molecule has 3 heteroatoms. The average Bonchev–Trinajstić information content (AvgIpc) is 2.81. The van der Waals surface area contributed by atoms with Crippen molar-refractivity contribution in [1.82, 2.24) is 0 Å². The Hall–Kier alpha value is -0.590. The van der Waals surface area contributed by atoms with E-state index in [4.69, 9.17) is 0 Å². The Morgan fingerprint density at radius 1 is 1.37 bits per heavy atom. The lowest BCUT2D eigenvalue weighted by Crippen LogP contribution is -2.23. The third kappa shape index (κ3) is 2.95. The molecule has 3 unspecified atom stereocenters. The molecule has 2 rings (SSSR count). The van der Waals surface area contributed by atoms with Crippen LogP contribution in [0.3, 0.4) is 0 Å². The SMILES string of the molecule is CCCCC1CCP(=O)(C(C)(O)c2ccccc2)C1. The molecule has 0 aromatic heterocycles. The fraction of sp³-hybridized carbons (Fsp3) is 0.625. The molecule has 0 spiro atoms. The third-order valence-electron chi connectivity index (χ3n) is 4.53. The van der Waals surface area contributed by atoms with Gasteiger partial charge in [0.25, 0.3) is 0 Å². The quantitative estimate of drug-likeness (QED) is 0.810. The summed E-state index contributed by atoms with van der Waals surface area (Å²) >= 11 is 0. The van der Waals surface area contributed by atoms with E-state index in [1.54, 1.807) is 6.92 Å². The Labute approximate surface area is 116 Å². The van der Waals surface area contributed by atoms with Crippen LogP contribution in [0.5, 0.6) is 0 Å². The van der Waals surface area contributed by atoms with Gasteiger partial charge in [-0.15, -0.1) is 0 Å².